The van der Waals surface area contributed by atoms with Gasteiger partial charge in [0.25, 0.3) is 5.91 Å². The van der Waals surface area contributed by atoms with Crippen LogP contribution in [0.1, 0.15) is 46.4 Å². The Hall–Kier alpha value is -2.05. The first-order valence-corrected chi connectivity index (χ1v) is 9.49. The van der Waals surface area contributed by atoms with Crippen molar-refractivity contribution in [2.75, 3.05) is 19.0 Å². The van der Waals surface area contributed by atoms with E-state index in [0.29, 0.717) is 6.04 Å². The summed E-state index contributed by atoms with van der Waals surface area (Å²) in [6.07, 6.45) is 0.672. The molecule has 0 aliphatic carbocycles. The van der Waals surface area contributed by atoms with Crippen molar-refractivity contribution in [2.24, 2.45) is 0 Å². The molecular formula is C19H23N3O2S. The minimum Gasteiger partial charge on any atom is -0.496 e. The number of methoxy groups -OCH3 is 1. The molecule has 1 amide bonds. The van der Waals surface area contributed by atoms with E-state index in [1.807, 2.05) is 24.3 Å². The molecule has 2 aliphatic rings. The second-order valence-corrected chi connectivity index (χ2v) is 7.92. The fraction of sp³-hybridized carbons (Fsp3) is 0.421. The summed E-state index contributed by atoms with van der Waals surface area (Å²) in [6, 6.07) is 8.31. The predicted octanol–water partition coefficient (Wildman–Crippen LogP) is 3.38. The molecule has 25 heavy (non-hydrogen) atoms. The topological polar surface area (TPSA) is 53.6 Å². The number of amides is 1. The molecule has 5 nitrogen and oxygen atoms in total. The molecule has 4 rings (SSSR count). The Kier molecular flexibility index (Phi) is 4.17. The monoisotopic (exact) mass is 357 g/mol. The van der Waals surface area contributed by atoms with E-state index in [9.17, 15) is 4.79 Å². The zero-order valence-corrected chi connectivity index (χ0v) is 15.6. The molecule has 1 aromatic heterocycles. The molecule has 2 aromatic rings. The normalized spacial score (nSPS) is 19.8. The number of rotatable bonds is 3. The highest BCUT2D eigenvalue weighted by molar-refractivity contribution is 7.16. The number of hydrogen-bond acceptors (Lipinski definition) is 5. The van der Waals surface area contributed by atoms with Crippen molar-refractivity contribution < 1.29 is 9.53 Å². The van der Waals surface area contributed by atoms with E-state index in [2.05, 4.69) is 29.4 Å². The van der Waals surface area contributed by atoms with Crippen LogP contribution < -0.4 is 15.4 Å². The van der Waals surface area contributed by atoms with Crippen molar-refractivity contribution in [1.82, 2.24) is 10.2 Å². The quantitative estimate of drug-likeness (QED) is 0.884. The average Bonchev–Trinajstić information content (AvgIpc) is 2.99. The highest BCUT2D eigenvalue weighted by atomic mass is 32.1. The first kappa shape index (κ1) is 16.4. The number of ether oxygens (including phenoxy) is 1. The van der Waals surface area contributed by atoms with Crippen LogP contribution in [0.4, 0.5) is 5.00 Å². The van der Waals surface area contributed by atoms with Gasteiger partial charge in [-0.2, -0.15) is 0 Å². The average molecular weight is 357 g/mol. The van der Waals surface area contributed by atoms with Crippen LogP contribution in [0.3, 0.4) is 0 Å². The highest BCUT2D eigenvalue weighted by Gasteiger charge is 2.34. The summed E-state index contributed by atoms with van der Waals surface area (Å²) in [5.41, 5.74) is 3.01. The van der Waals surface area contributed by atoms with Gasteiger partial charge in [0.15, 0.2) is 0 Å². The summed E-state index contributed by atoms with van der Waals surface area (Å²) in [6.45, 7) is 6.39. The molecule has 0 bridgehead atoms. The molecule has 3 heterocycles. The van der Waals surface area contributed by atoms with Crippen LogP contribution >= 0.6 is 11.3 Å². The van der Waals surface area contributed by atoms with E-state index >= 15 is 0 Å². The number of thiophene rings is 1. The molecule has 0 spiro atoms. The van der Waals surface area contributed by atoms with Gasteiger partial charge in [-0.25, -0.2) is 0 Å². The zero-order chi connectivity index (χ0) is 17.6. The SMILES string of the molecule is COc1ccccc1C1NC(=O)c2c(sc3c2CCN(C(C)C)C3)N1. The molecule has 1 unspecified atom stereocenters. The van der Waals surface area contributed by atoms with Crippen molar-refractivity contribution in [2.45, 2.75) is 39.0 Å². The predicted molar refractivity (Wildman–Crippen MR) is 100 cm³/mol. The fourth-order valence-electron chi connectivity index (χ4n) is 3.64. The molecule has 1 aromatic carbocycles. The largest absolute Gasteiger partial charge is 0.496 e. The van der Waals surface area contributed by atoms with Crippen LogP contribution in [0.25, 0.3) is 0 Å². The highest BCUT2D eigenvalue weighted by Crippen LogP contribution is 2.41. The van der Waals surface area contributed by atoms with Crippen LogP contribution in [0.15, 0.2) is 24.3 Å². The van der Waals surface area contributed by atoms with Gasteiger partial charge >= 0.3 is 0 Å². The molecule has 0 saturated carbocycles. The second-order valence-electron chi connectivity index (χ2n) is 6.81. The van der Waals surface area contributed by atoms with Crippen molar-refractivity contribution in [3.8, 4) is 5.75 Å². The Balaban J connectivity index is 1.67. The van der Waals surface area contributed by atoms with E-state index < -0.39 is 0 Å². The number of hydrogen-bond donors (Lipinski definition) is 2. The van der Waals surface area contributed by atoms with Gasteiger partial charge in [-0.3, -0.25) is 9.69 Å². The lowest BCUT2D eigenvalue weighted by atomic mass is 9.99. The van der Waals surface area contributed by atoms with Crippen LogP contribution in [0, 0.1) is 0 Å². The molecule has 6 heteroatoms. The summed E-state index contributed by atoms with van der Waals surface area (Å²) in [7, 11) is 1.65. The number of carbonyl (C=O) groups is 1. The number of nitrogens with zero attached hydrogens (tertiary/aromatic N) is 1. The Morgan fingerprint density at radius 2 is 2.08 bits per heavy atom. The van der Waals surface area contributed by atoms with E-state index in [1.165, 1.54) is 10.4 Å². The lowest BCUT2D eigenvalue weighted by Gasteiger charge is -2.31. The first-order chi connectivity index (χ1) is 12.1. The third-order valence-electron chi connectivity index (χ3n) is 5.04. The maximum atomic E-state index is 12.8. The maximum Gasteiger partial charge on any atom is 0.256 e. The fourth-order valence-corrected chi connectivity index (χ4v) is 4.94. The Bertz CT molecular complexity index is 815. The molecule has 0 saturated heterocycles. The van der Waals surface area contributed by atoms with Crippen molar-refractivity contribution in [1.29, 1.82) is 0 Å². The van der Waals surface area contributed by atoms with Gasteiger partial charge in [0, 0.05) is 29.6 Å². The van der Waals surface area contributed by atoms with Crippen LogP contribution in [-0.2, 0) is 13.0 Å². The number of anilines is 1. The van der Waals surface area contributed by atoms with E-state index in [0.717, 1.165) is 41.4 Å². The van der Waals surface area contributed by atoms with Gasteiger partial charge in [-0.1, -0.05) is 18.2 Å². The number of nitrogens with one attached hydrogen (secondary N) is 2. The van der Waals surface area contributed by atoms with Crippen molar-refractivity contribution in [3.63, 3.8) is 0 Å². The van der Waals surface area contributed by atoms with Gasteiger partial charge in [0.05, 0.1) is 12.7 Å². The van der Waals surface area contributed by atoms with E-state index in [4.69, 9.17) is 4.74 Å². The molecule has 2 aliphatic heterocycles. The molecule has 132 valence electrons. The molecule has 2 N–H and O–H groups in total. The number of carbonyl (C=O) groups excluding carboxylic acids is 1. The third kappa shape index (κ3) is 2.79. The number of para-hydroxylation sites is 1. The van der Waals surface area contributed by atoms with Gasteiger partial charge in [-0.15, -0.1) is 11.3 Å². The summed E-state index contributed by atoms with van der Waals surface area (Å²) in [5, 5.41) is 7.59. The molecule has 1 atom stereocenters. The van der Waals surface area contributed by atoms with Crippen LogP contribution in [-0.4, -0.2) is 30.5 Å². The van der Waals surface area contributed by atoms with Crippen LogP contribution in [0.5, 0.6) is 5.75 Å². The summed E-state index contributed by atoms with van der Waals surface area (Å²) in [4.78, 5) is 16.6. The van der Waals surface area contributed by atoms with Gasteiger partial charge in [0.2, 0.25) is 0 Å². The van der Waals surface area contributed by atoms with Gasteiger partial charge < -0.3 is 15.4 Å². The number of fused-ring (bicyclic) bond motifs is 3. The van der Waals surface area contributed by atoms with Crippen molar-refractivity contribution in [3.05, 3.63) is 45.8 Å². The Labute approximate surface area is 152 Å². The minimum absolute atomic E-state index is 0.0140. The summed E-state index contributed by atoms with van der Waals surface area (Å²) < 4.78 is 5.45. The molecule has 0 radical (unpaired) electrons. The summed E-state index contributed by atoms with van der Waals surface area (Å²) in [5.74, 6) is 0.788. The standard InChI is InChI=1S/C19H23N3O2S/c1-11(2)22-9-8-13-15(10-22)25-19-16(13)18(23)20-17(21-19)12-6-4-5-7-14(12)24-3/h4-7,11,17,21H,8-10H2,1-3H3,(H,20,23). The number of benzene rings is 1. The molecular weight excluding hydrogens is 334 g/mol. The lowest BCUT2D eigenvalue weighted by Crippen LogP contribution is -2.39. The zero-order valence-electron chi connectivity index (χ0n) is 14.8. The third-order valence-corrected chi connectivity index (χ3v) is 6.19. The lowest BCUT2D eigenvalue weighted by molar-refractivity contribution is 0.0934. The van der Waals surface area contributed by atoms with E-state index in [-0.39, 0.29) is 12.1 Å². The molecule has 0 fully saturated rings. The van der Waals surface area contributed by atoms with Gasteiger partial charge in [0.1, 0.15) is 16.9 Å². The van der Waals surface area contributed by atoms with Crippen molar-refractivity contribution >= 4 is 22.2 Å². The smallest absolute Gasteiger partial charge is 0.256 e. The van der Waals surface area contributed by atoms with E-state index in [1.54, 1.807) is 18.4 Å². The summed E-state index contributed by atoms with van der Waals surface area (Å²) >= 11 is 1.72. The minimum atomic E-state index is -0.266. The Morgan fingerprint density at radius 1 is 1.28 bits per heavy atom. The van der Waals surface area contributed by atoms with Gasteiger partial charge in [-0.05, 0) is 31.9 Å². The second kappa shape index (κ2) is 6.35. The Morgan fingerprint density at radius 3 is 2.84 bits per heavy atom. The maximum absolute atomic E-state index is 12.8. The van der Waals surface area contributed by atoms with Crippen LogP contribution in [0.2, 0.25) is 0 Å². The first-order valence-electron chi connectivity index (χ1n) is 8.67.